The van der Waals surface area contributed by atoms with Gasteiger partial charge in [-0.05, 0) is 77.2 Å². The van der Waals surface area contributed by atoms with Gasteiger partial charge in [0.1, 0.15) is 0 Å². The van der Waals surface area contributed by atoms with E-state index < -0.39 is 0 Å². The average Bonchev–Trinajstić information content (AvgIpc) is 3.44. The van der Waals surface area contributed by atoms with Crippen molar-refractivity contribution in [2.75, 3.05) is 11.5 Å². The first-order valence-corrected chi connectivity index (χ1v) is 23.8. The predicted molar refractivity (Wildman–Crippen MR) is 301 cm³/mol. The summed E-state index contributed by atoms with van der Waals surface area (Å²) in [6, 6.07) is 101. The molecule has 4 N–H and O–H groups in total. The molecule has 12 aromatic rings. The Balaban J connectivity index is 0.000000132. The summed E-state index contributed by atoms with van der Waals surface area (Å²) in [6.07, 6.45) is 0. The second-order valence-electron chi connectivity index (χ2n) is 17.1. The molecule has 0 saturated carbocycles. The molecule has 0 fully saturated rings. The van der Waals surface area contributed by atoms with Crippen LogP contribution in [-0.2, 0) is 0 Å². The minimum absolute atomic E-state index is 0.813. The fourth-order valence-electron chi connectivity index (χ4n) is 9.44. The van der Waals surface area contributed by atoms with E-state index in [0.717, 1.165) is 67.0 Å². The Hall–Kier alpha value is -9.24. The van der Waals surface area contributed by atoms with Gasteiger partial charge in [0.2, 0.25) is 0 Å². The molecule has 0 bridgehead atoms. The summed E-state index contributed by atoms with van der Waals surface area (Å²) in [6.45, 7) is 0. The lowest BCUT2D eigenvalue weighted by molar-refractivity contribution is 1.57. The Labute approximate surface area is 411 Å². The van der Waals surface area contributed by atoms with Crippen molar-refractivity contribution in [2.24, 2.45) is 0 Å². The van der Waals surface area contributed by atoms with Crippen LogP contribution >= 0.6 is 0 Å². The molecule has 334 valence electrons. The molecule has 0 atom stereocenters. The number of benzene rings is 12. The Morgan fingerprint density at radius 1 is 0.171 bits per heavy atom. The number of nitrogens with two attached hydrogens (primary N) is 2. The van der Waals surface area contributed by atoms with E-state index in [0.29, 0.717) is 0 Å². The highest BCUT2D eigenvalue weighted by Crippen LogP contribution is 2.45. The molecule has 70 heavy (non-hydrogen) atoms. The standard InChI is InChI=1S/2C28H21N.C12H10/c2*29-28-24(21-10-3-1-4-11-21)18-19-26(27(28)22-13-5-2-6-14-22)25-17-9-15-20-12-7-8-16-23(20)25;1-3-7-11(8-4-1)12-9-5-2-6-10-12/h2*1-19H,29H2;1-10H. The van der Waals surface area contributed by atoms with Crippen LogP contribution in [0.5, 0.6) is 0 Å². The molecule has 0 unspecified atom stereocenters. The Morgan fingerprint density at radius 2 is 0.429 bits per heavy atom. The Bertz CT molecular complexity index is 3370. The first-order chi connectivity index (χ1) is 34.6. The molecule has 2 heteroatoms. The van der Waals surface area contributed by atoms with Crippen molar-refractivity contribution in [1.82, 2.24) is 0 Å². The summed E-state index contributed by atoms with van der Waals surface area (Å²) in [5, 5.41) is 4.93. The lowest BCUT2D eigenvalue weighted by Crippen LogP contribution is -1.97. The number of nitrogen functional groups attached to an aromatic ring is 2. The van der Waals surface area contributed by atoms with Gasteiger partial charge in [-0.1, -0.05) is 291 Å². The van der Waals surface area contributed by atoms with Crippen LogP contribution in [0.1, 0.15) is 0 Å². The fraction of sp³-hybridized carbons (Fsp3) is 0. The summed E-state index contributed by atoms with van der Waals surface area (Å²) < 4.78 is 0. The van der Waals surface area contributed by atoms with E-state index in [1.807, 2.05) is 36.4 Å². The van der Waals surface area contributed by atoms with Crippen LogP contribution in [-0.4, -0.2) is 0 Å². The molecule has 0 aliphatic carbocycles. The lowest BCUT2D eigenvalue weighted by Gasteiger charge is -2.18. The van der Waals surface area contributed by atoms with Crippen molar-refractivity contribution in [3.8, 4) is 77.9 Å². The van der Waals surface area contributed by atoms with Gasteiger partial charge in [-0.15, -0.1) is 0 Å². The van der Waals surface area contributed by atoms with Gasteiger partial charge in [0, 0.05) is 33.6 Å². The van der Waals surface area contributed by atoms with Crippen molar-refractivity contribution in [1.29, 1.82) is 0 Å². The second kappa shape index (κ2) is 21.2. The third kappa shape index (κ3) is 9.62. The molecule has 0 aliphatic rings. The summed E-state index contributed by atoms with van der Waals surface area (Å²) in [5.74, 6) is 0. The zero-order valence-electron chi connectivity index (χ0n) is 38.9. The van der Waals surface area contributed by atoms with E-state index >= 15 is 0 Å². The SMILES string of the molecule is Nc1c(-c2ccccc2)ccc(-c2cccc3ccccc23)c1-c1ccccc1.Nc1c(-c2ccccc2)ccc(-c2cccc3ccccc23)c1-c1ccccc1.c1ccc(-c2ccccc2)cc1. The number of fused-ring (bicyclic) bond motifs is 2. The smallest absolute Gasteiger partial charge is 0.0479 e. The highest BCUT2D eigenvalue weighted by molar-refractivity contribution is 6.06. The molecule has 0 amide bonds. The first kappa shape index (κ1) is 44.6. The summed E-state index contributed by atoms with van der Waals surface area (Å²) in [7, 11) is 0. The van der Waals surface area contributed by atoms with Crippen LogP contribution in [0.15, 0.2) is 291 Å². The van der Waals surface area contributed by atoms with Gasteiger partial charge in [0.25, 0.3) is 0 Å². The third-order valence-electron chi connectivity index (χ3n) is 12.8. The summed E-state index contributed by atoms with van der Waals surface area (Å²) in [4.78, 5) is 0. The Kier molecular flexibility index (Phi) is 13.5. The van der Waals surface area contributed by atoms with Crippen molar-refractivity contribution in [3.63, 3.8) is 0 Å². The summed E-state index contributed by atoms with van der Waals surface area (Å²) >= 11 is 0. The maximum atomic E-state index is 6.83. The predicted octanol–water partition coefficient (Wildman–Crippen LogP) is 18.2. The fourth-order valence-corrected chi connectivity index (χ4v) is 9.44. The van der Waals surface area contributed by atoms with Gasteiger partial charge in [-0.2, -0.15) is 0 Å². The van der Waals surface area contributed by atoms with E-state index in [-0.39, 0.29) is 0 Å². The van der Waals surface area contributed by atoms with Gasteiger partial charge in [-0.25, -0.2) is 0 Å². The van der Waals surface area contributed by atoms with Crippen molar-refractivity contribution in [3.05, 3.63) is 291 Å². The van der Waals surface area contributed by atoms with Crippen LogP contribution in [0, 0.1) is 0 Å². The van der Waals surface area contributed by atoms with Crippen LogP contribution in [0.25, 0.3) is 99.4 Å². The van der Waals surface area contributed by atoms with Crippen LogP contribution in [0.4, 0.5) is 11.4 Å². The first-order valence-electron chi connectivity index (χ1n) is 23.8. The van der Waals surface area contributed by atoms with E-state index in [4.69, 9.17) is 11.5 Å². The quantitative estimate of drug-likeness (QED) is 0.157. The van der Waals surface area contributed by atoms with Gasteiger partial charge >= 0.3 is 0 Å². The second-order valence-corrected chi connectivity index (χ2v) is 17.1. The van der Waals surface area contributed by atoms with Crippen LogP contribution in [0.2, 0.25) is 0 Å². The monoisotopic (exact) mass is 896 g/mol. The molecule has 2 nitrogen and oxygen atoms in total. The zero-order chi connectivity index (χ0) is 47.5. The minimum Gasteiger partial charge on any atom is -0.398 e. The van der Waals surface area contributed by atoms with Crippen LogP contribution < -0.4 is 11.5 Å². The highest BCUT2D eigenvalue weighted by Gasteiger charge is 2.18. The van der Waals surface area contributed by atoms with E-state index in [1.54, 1.807) is 0 Å². The molecule has 0 saturated heterocycles. The molecule has 0 heterocycles. The Morgan fingerprint density at radius 3 is 0.771 bits per heavy atom. The minimum atomic E-state index is 0.813. The molecule has 0 aliphatic heterocycles. The van der Waals surface area contributed by atoms with Crippen LogP contribution in [0.3, 0.4) is 0 Å². The molecule has 0 aromatic heterocycles. The van der Waals surface area contributed by atoms with E-state index in [9.17, 15) is 0 Å². The van der Waals surface area contributed by atoms with E-state index in [1.165, 1.54) is 43.8 Å². The normalized spacial score (nSPS) is 10.7. The maximum Gasteiger partial charge on any atom is 0.0479 e. The average molecular weight is 897 g/mol. The number of hydrogen-bond donors (Lipinski definition) is 2. The van der Waals surface area contributed by atoms with Gasteiger partial charge < -0.3 is 11.5 Å². The maximum absolute atomic E-state index is 6.83. The largest absolute Gasteiger partial charge is 0.398 e. The molecule has 12 rings (SSSR count). The lowest BCUT2D eigenvalue weighted by atomic mass is 9.87. The van der Waals surface area contributed by atoms with Gasteiger partial charge in [-0.3, -0.25) is 0 Å². The number of rotatable bonds is 7. The van der Waals surface area contributed by atoms with Gasteiger partial charge in [0.05, 0.1) is 0 Å². The highest BCUT2D eigenvalue weighted by atomic mass is 14.6. The number of anilines is 2. The van der Waals surface area contributed by atoms with Crippen molar-refractivity contribution < 1.29 is 0 Å². The van der Waals surface area contributed by atoms with Gasteiger partial charge in [0.15, 0.2) is 0 Å². The molecule has 0 spiro atoms. The molecule has 12 aromatic carbocycles. The molecular formula is C68H52N2. The summed E-state index contributed by atoms with van der Waals surface area (Å²) in [5.41, 5.74) is 31.4. The van der Waals surface area contributed by atoms with Crippen molar-refractivity contribution >= 4 is 32.9 Å². The number of hydrogen-bond acceptors (Lipinski definition) is 2. The van der Waals surface area contributed by atoms with E-state index in [2.05, 4.69) is 255 Å². The zero-order valence-corrected chi connectivity index (χ0v) is 38.9. The topological polar surface area (TPSA) is 52.0 Å². The third-order valence-corrected chi connectivity index (χ3v) is 12.8. The molecular weight excluding hydrogens is 845 g/mol. The van der Waals surface area contributed by atoms with Crippen molar-refractivity contribution in [2.45, 2.75) is 0 Å². The molecule has 0 radical (unpaired) electrons.